The number of hydrogen-bond donors (Lipinski definition) is 2. The summed E-state index contributed by atoms with van der Waals surface area (Å²) in [5.41, 5.74) is 1.40. The Balaban J connectivity index is 2.06. The van der Waals surface area contributed by atoms with Gasteiger partial charge in [-0.2, -0.15) is 0 Å². The van der Waals surface area contributed by atoms with Gasteiger partial charge in [0.05, 0.1) is 43.4 Å². The number of carbonyl (C=O) groups excluding carboxylic acids is 1. The highest BCUT2D eigenvalue weighted by Gasteiger charge is 2.23. The highest BCUT2D eigenvalue weighted by Crippen LogP contribution is 2.29. The minimum absolute atomic E-state index is 0.00326. The Morgan fingerprint density at radius 2 is 1.95 bits per heavy atom. The van der Waals surface area contributed by atoms with Crippen molar-refractivity contribution in [2.24, 2.45) is 5.41 Å². The van der Waals surface area contributed by atoms with Crippen molar-refractivity contribution in [1.29, 1.82) is 0 Å². The van der Waals surface area contributed by atoms with Crippen LogP contribution >= 0.6 is 11.6 Å². The summed E-state index contributed by atoms with van der Waals surface area (Å²) < 4.78 is 0. The van der Waals surface area contributed by atoms with Gasteiger partial charge < -0.3 is 15.1 Å². The molecule has 0 unspecified atom stereocenters. The molecular formula is C17H27ClN3O+. The predicted molar refractivity (Wildman–Crippen MR) is 93.0 cm³/mol. The van der Waals surface area contributed by atoms with Gasteiger partial charge in [0.2, 0.25) is 5.91 Å². The zero-order valence-electron chi connectivity index (χ0n) is 14.0. The summed E-state index contributed by atoms with van der Waals surface area (Å²) in [7, 11) is 0. The fourth-order valence-corrected chi connectivity index (χ4v) is 2.88. The maximum atomic E-state index is 12.0. The van der Waals surface area contributed by atoms with Crippen LogP contribution in [-0.2, 0) is 4.79 Å². The lowest BCUT2D eigenvalue weighted by Gasteiger charge is -2.33. The molecule has 0 radical (unpaired) electrons. The number of benzene rings is 1. The summed E-state index contributed by atoms with van der Waals surface area (Å²) in [6.45, 7) is 13.4. The number of hydrogen-bond acceptors (Lipinski definition) is 2. The van der Waals surface area contributed by atoms with Crippen LogP contribution in [0.25, 0.3) is 0 Å². The van der Waals surface area contributed by atoms with Gasteiger partial charge in [-0.1, -0.05) is 32.4 Å². The summed E-state index contributed by atoms with van der Waals surface area (Å²) in [6, 6.07) is 5.79. The average molecular weight is 325 g/mol. The van der Waals surface area contributed by atoms with Crippen LogP contribution in [0.5, 0.6) is 0 Å². The lowest BCUT2D eigenvalue weighted by molar-refractivity contribution is -0.898. The molecule has 5 heteroatoms. The quantitative estimate of drug-likeness (QED) is 0.893. The lowest BCUT2D eigenvalue weighted by Crippen LogP contribution is -3.14. The Kier molecular flexibility index (Phi) is 5.35. The van der Waals surface area contributed by atoms with Crippen molar-refractivity contribution in [1.82, 2.24) is 0 Å². The Morgan fingerprint density at radius 1 is 1.32 bits per heavy atom. The number of halogens is 1. The Bertz CT molecular complexity index is 531. The third kappa shape index (κ3) is 4.14. The first-order valence-electron chi connectivity index (χ1n) is 8.00. The van der Waals surface area contributed by atoms with E-state index in [4.69, 9.17) is 11.6 Å². The van der Waals surface area contributed by atoms with Crippen molar-refractivity contribution in [3.8, 4) is 0 Å². The fraction of sp³-hybridized carbons (Fsp3) is 0.588. The van der Waals surface area contributed by atoms with Gasteiger partial charge in [-0.15, -0.1) is 0 Å². The first kappa shape index (κ1) is 17.1. The Labute approximate surface area is 138 Å². The molecule has 1 aromatic rings. The zero-order chi connectivity index (χ0) is 16.3. The molecule has 2 rings (SSSR count). The largest absolute Gasteiger partial charge is 0.359 e. The van der Waals surface area contributed by atoms with Crippen LogP contribution in [0.15, 0.2) is 18.2 Å². The van der Waals surface area contributed by atoms with Gasteiger partial charge >= 0.3 is 0 Å². The molecule has 1 saturated heterocycles. The molecule has 0 aromatic heterocycles. The predicted octanol–water partition coefficient (Wildman–Crippen LogP) is 2.05. The first-order valence-corrected chi connectivity index (χ1v) is 8.38. The molecule has 1 aliphatic rings. The number of rotatable bonds is 3. The molecule has 1 fully saturated rings. The standard InChI is InChI=1S/C17H26ClN3O/c1-5-20-8-10-21(11-9-20)15-7-6-13(12-14(15)18)19-16(22)17(2,3)4/h6-7,12H,5,8-11H2,1-4H3,(H,19,22)/p+1. The minimum Gasteiger partial charge on any atom is -0.359 e. The average Bonchev–Trinajstić information content (AvgIpc) is 2.46. The maximum Gasteiger partial charge on any atom is 0.229 e. The normalized spacial score (nSPS) is 16.7. The van der Waals surface area contributed by atoms with Gasteiger partial charge in [0.1, 0.15) is 0 Å². The van der Waals surface area contributed by atoms with Crippen molar-refractivity contribution in [3.05, 3.63) is 23.2 Å². The molecule has 0 bridgehead atoms. The molecule has 22 heavy (non-hydrogen) atoms. The minimum atomic E-state index is -0.412. The van der Waals surface area contributed by atoms with Crippen LogP contribution in [0.3, 0.4) is 0 Å². The molecular weight excluding hydrogens is 298 g/mol. The molecule has 1 aliphatic heterocycles. The molecule has 1 heterocycles. The van der Waals surface area contributed by atoms with Crippen LogP contribution in [0, 0.1) is 5.41 Å². The van der Waals surface area contributed by atoms with E-state index in [1.54, 1.807) is 4.90 Å². The van der Waals surface area contributed by atoms with E-state index in [2.05, 4.69) is 17.1 Å². The van der Waals surface area contributed by atoms with Crippen LogP contribution in [0.4, 0.5) is 11.4 Å². The molecule has 0 aliphatic carbocycles. The second-order valence-corrected chi connectivity index (χ2v) is 7.37. The third-order valence-corrected chi connectivity index (χ3v) is 4.50. The van der Waals surface area contributed by atoms with Gasteiger partial charge in [-0.25, -0.2) is 0 Å². The van der Waals surface area contributed by atoms with E-state index in [1.807, 2.05) is 39.0 Å². The van der Waals surface area contributed by atoms with Crippen LogP contribution in [0.1, 0.15) is 27.7 Å². The molecule has 0 atom stereocenters. The van der Waals surface area contributed by atoms with Gasteiger partial charge in [0.25, 0.3) is 0 Å². The summed E-state index contributed by atoms with van der Waals surface area (Å²) >= 11 is 6.43. The van der Waals surface area contributed by atoms with E-state index in [9.17, 15) is 4.79 Å². The number of nitrogens with zero attached hydrogens (tertiary/aromatic N) is 1. The van der Waals surface area contributed by atoms with E-state index >= 15 is 0 Å². The Morgan fingerprint density at radius 3 is 2.45 bits per heavy atom. The molecule has 2 N–H and O–H groups in total. The van der Waals surface area contributed by atoms with Crippen molar-refractivity contribution in [3.63, 3.8) is 0 Å². The topological polar surface area (TPSA) is 36.8 Å². The first-order chi connectivity index (χ1) is 10.3. The lowest BCUT2D eigenvalue weighted by atomic mass is 9.95. The van der Waals surface area contributed by atoms with Crippen molar-refractivity contribution >= 4 is 28.9 Å². The van der Waals surface area contributed by atoms with Crippen LogP contribution < -0.4 is 15.1 Å². The zero-order valence-corrected chi connectivity index (χ0v) is 14.8. The van der Waals surface area contributed by atoms with E-state index in [1.165, 1.54) is 6.54 Å². The smallest absolute Gasteiger partial charge is 0.229 e. The number of quaternary nitrogens is 1. The second kappa shape index (κ2) is 6.88. The highest BCUT2D eigenvalue weighted by molar-refractivity contribution is 6.33. The summed E-state index contributed by atoms with van der Waals surface area (Å²) in [4.78, 5) is 16.0. The number of piperazine rings is 1. The van der Waals surface area contributed by atoms with E-state index in [-0.39, 0.29) is 5.91 Å². The molecule has 0 spiro atoms. The summed E-state index contributed by atoms with van der Waals surface area (Å²) in [5.74, 6) is -0.00326. The van der Waals surface area contributed by atoms with Gasteiger partial charge in [0, 0.05) is 11.1 Å². The van der Waals surface area contributed by atoms with Gasteiger partial charge in [-0.3, -0.25) is 4.79 Å². The number of nitrogens with one attached hydrogen (secondary N) is 2. The number of likely N-dealkylation sites (N-methyl/N-ethyl adjacent to an activating group) is 1. The van der Waals surface area contributed by atoms with Crippen molar-refractivity contribution < 1.29 is 9.69 Å². The van der Waals surface area contributed by atoms with E-state index in [0.29, 0.717) is 5.02 Å². The Hall–Kier alpha value is -1.26. The molecule has 122 valence electrons. The number of amides is 1. The monoisotopic (exact) mass is 324 g/mol. The SMILES string of the molecule is CC[NH+]1CCN(c2ccc(NC(=O)C(C)(C)C)cc2Cl)CC1. The van der Waals surface area contributed by atoms with E-state index in [0.717, 1.165) is 37.6 Å². The van der Waals surface area contributed by atoms with Crippen LogP contribution in [0.2, 0.25) is 5.02 Å². The summed E-state index contributed by atoms with van der Waals surface area (Å²) in [6.07, 6.45) is 0. The molecule has 1 aromatic carbocycles. The highest BCUT2D eigenvalue weighted by atomic mass is 35.5. The maximum absolute atomic E-state index is 12.0. The fourth-order valence-electron chi connectivity index (χ4n) is 2.58. The summed E-state index contributed by atoms with van der Waals surface area (Å²) in [5, 5.41) is 3.62. The molecule has 1 amide bonds. The number of carbonyl (C=O) groups is 1. The van der Waals surface area contributed by atoms with Gasteiger partial charge in [-0.05, 0) is 25.1 Å². The van der Waals surface area contributed by atoms with Crippen LogP contribution in [-0.4, -0.2) is 38.6 Å². The second-order valence-electron chi connectivity index (χ2n) is 6.96. The van der Waals surface area contributed by atoms with E-state index < -0.39 is 5.41 Å². The number of anilines is 2. The van der Waals surface area contributed by atoms with Gasteiger partial charge in [0.15, 0.2) is 0 Å². The van der Waals surface area contributed by atoms with Crippen molar-refractivity contribution in [2.45, 2.75) is 27.7 Å². The third-order valence-electron chi connectivity index (χ3n) is 4.20. The molecule has 4 nitrogen and oxygen atoms in total. The molecule has 0 saturated carbocycles. The van der Waals surface area contributed by atoms with Crippen molar-refractivity contribution in [2.75, 3.05) is 42.9 Å².